The summed E-state index contributed by atoms with van der Waals surface area (Å²) in [6.45, 7) is 3.03. The maximum atomic E-state index is 6.25. The van der Waals surface area contributed by atoms with E-state index in [1.807, 2.05) is 18.2 Å². The molecule has 1 heterocycles. The van der Waals surface area contributed by atoms with Crippen LogP contribution in [0.1, 0.15) is 23.4 Å². The molecule has 1 aromatic heterocycles. The quantitative estimate of drug-likeness (QED) is 0.853. The molecule has 2 atom stereocenters. The fourth-order valence-electron chi connectivity index (χ4n) is 2.71. The third-order valence-corrected chi connectivity index (χ3v) is 4.66. The van der Waals surface area contributed by atoms with Gasteiger partial charge >= 0.3 is 0 Å². The minimum Gasteiger partial charge on any atom is -0.496 e. The third-order valence-electron chi connectivity index (χ3n) is 3.72. The lowest BCUT2D eigenvalue weighted by atomic mass is 9.98. The first-order chi connectivity index (χ1) is 10.1. The zero-order valence-electron chi connectivity index (χ0n) is 13.0. The summed E-state index contributed by atoms with van der Waals surface area (Å²) in [4.78, 5) is 3.73. The van der Waals surface area contributed by atoms with Crippen LogP contribution in [0, 0.1) is 0 Å². The van der Waals surface area contributed by atoms with Crippen LogP contribution >= 0.6 is 11.3 Å². The van der Waals surface area contributed by atoms with Crippen LogP contribution in [-0.4, -0.2) is 31.6 Å². The molecule has 0 fully saturated rings. The van der Waals surface area contributed by atoms with Crippen molar-refractivity contribution < 1.29 is 4.74 Å². The fraction of sp³-hybridized carbons (Fsp3) is 0.412. The minimum absolute atomic E-state index is 0.0367. The molecule has 0 aliphatic carbocycles. The second kappa shape index (κ2) is 7.59. The van der Waals surface area contributed by atoms with Gasteiger partial charge in [0.15, 0.2) is 0 Å². The van der Waals surface area contributed by atoms with Crippen molar-refractivity contribution in [2.24, 2.45) is 5.73 Å². The van der Waals surface area contributed by atoms with Crippen molar-refractivity contribution in [1.82, 2.24) is 4.90 Å². The molecule has 0 spiro atoms. The van der Waals surface area contributed by atoms with Crippen LogP contribution in [0.4, 0.5) is 0 Å². The van der Waals surface area contributed by atoms with Gasteiger partial charge in [0.05, 0.1) is 13.2 Å². The van der Waals surface area contributed by atoms with E-state index in [-0.39, 0.29) is 12.1 Å². The predicted octanol–water partition coefficient (Wildman–Crippen LogP) is 3.32. The van der Waals surface area contributed by atoms with Gasteiger partial charge in [0.1, 0.15) is 5.75 Å². The molecule has 0 aliphatic rings. The zero-order chi connectivity index (χ0) is 15.2. The van der Waals surface area contributed by atoms with E-state index in [4.69, 9.17) is 10.5 Å². The minimum atomic E-state index is 0.0367. The molecule has 0 saturated heterocycles. The molecule has 21 heavy (non-hydrogen) atoms. The Morgan fingerprint density at radius 3 is 2.62 bits per heavy atom. The molecule has 4 heteroatoms. The van der Waals surface area contributed by atoms with E-state index in [0.717, 1.165) is 24.3 Å². The molecular formula is C17H24N2OS. The molecule has 0 radical (unpaired) electrons. The van der Waals surface area contributed by atoms with Gasteiger partial charge in [-0.05, 0) is 37.9 Å². The average Bonchev–Trinajstić information content (AvgIpc) is 2.99. The van der Waals surface area contributed by atoms with Gasteiger partial charge in [0.2, 0.25) is 0 Å². The highest BCUT2D eigenvalue weighted by Crippen LogP contribution is 2.30. The number of rotatable bonds is 7. The Morgan fingerprint density at radius 2 is 2.00 bits per heavy atom. The summed E-state index contributed by atoms with van der Waals surface area (Å²) in [6, 6.07) is 12.6. The summed E-state index contributed by atoms with van der Waals surface area (Å²) >= 11 is 1.81. The topological polar surface area (TPSA) is 38.5 Å². The Bertz CT molecular complexity index is 539. The highest BCUT2D eigenvalue weighted by Gasteiger charge is 2.24. The van der Waals surface area contributed by atoms with Crippen molar-refractivity contribution in [1.29, 1.82) is 0 Å². The first kappa shape index (κ1) is 16.0. The van der Waals surface area contributed by atoms with E-state index in [0.29, 0.717) is 0 Å². The predicted molar refractivity (Wildman–Crippen MR) is 90.0 cm³/mol. The summed E-state index contributed by atoms with van der Waals surface area (Å²) < 4.78 is 5.50. The Kier molecular flexibility index (Phi) is 5.79. The van der Waals surface area contributed by atoms with E-state index >= 15 is 0 Å². The molecular weight excluding hydrogens is 280 g/mol. The van der Waals surface area contributed by atoms with E-state index in [9.17, 15) is 0 Å². The normalized spacial score (nSPS) is 14.1. The van der Waals surface area contributed by atoms with Gasteiger partial charge in [-0.2, -0.15) is 0 Å². The van der Waals surface area contributed by atoms with Crippen LogP contribution in [0.5, 0.6) is 5.75 Å². The van der Waals surface area contributed by atoms with Crippen LogP contribution in [0.2, 0.25) is 0 Å². The highest BCUT2D eigenvalue weighted by molar-refractivity contribution is 7.09. The largest absolute Gasteiger partial charge is 0.496 e. The Hall–Kier alpha value is -1.36. The second-order valence-corrected chi connectivity index (χ2v) is 6.39. The summed E-state index contributed by atoms with van der Waals surface area (Å²) in [6.07, 6.45) is 1.05. The van der Waals surface area contributed by atoms with Gasteiger partial charge < -0.3 is 10.5 Å². The molecule has 2 N–H and O–H groups in total. The van der Waals surface area contributed by atoms with Crippen LogP contribution in [0.3, 0.4) is 0 Å². The summed E-state index contributed by atoms with van der Waals surface area (Å²) in [5.41, 5.74) is 7.40. The van der Waals surface area contributed by atoms with Gasteiger partial charge in [-0.1, -0.05) is 24.3 Å². The summed E-state index contributed by atoms with van der Waals surface area (Å²) in [5.74, 6) is 0.905. The average molecular weight is 304 g/mol. The number of hydrogen-bond acceptors (Lipinski definition) is 4. The maximum absolute atomic E-state index is 6.25. The first-order valence-corrected chi connectivity index (χ1v) is 8.12. The van der Waals surface area contributed by atoms with E-state index in [1.54, 1.807) is 18.4 Å². The molecule has 1 aromatic carbocycles. The van der Waals surface area contributed by atoms with Crippen molar-refractivity contribution in [3.8, 4) is 5.75 Å². The number of benzene rings is 1. The maximum Gasteiger partial charge on any atom is 0.123 e. The lowest BCUT2D eigenvalue weighted by Crippen LogP contribution is -2.38. The van der Waals surface area contributed by atoms with Crippen molar-refractivity contribution >= 4 is 11.3 Å². The van der Waals surface area contributed by atoms with Gasteiger partial charge in [0.25, 0.3) is 0 Å². The van der Waals surface area contributed by atoms with E-state index < -0.39 is 0 Å². The standard InChI is InChI=1S/C17H24N2OS/c1-13(18)17(15-8-4-5-9-16(15)20-3)19(2)11-10-14-7-6-12-21-14/h4-9,12-13,17H,10-11,18H2,1-3H3. The number of ether oxygens (including phenoxy) is 1. The molecule has 0 amide bonds. The van der Waals surface area contributed by atoms with Crippen LogP contribution in [0.15, 0.2) is 41.8 Å². The number of nitrogens with two attached hydrogens (primary N) is 1. The van der Waals surface area contributed by atoms with Crippen molar-refractivity contribution in [3.63, 3.8) is 0 Å². The second-order valence-electron chi connectivity index (χ2n) is 5.36. The molecule has 114 valence electrons. The molecule has 2 aromatic rings. The van der Waals surface area contributed by atoms with Crippen LogP contribution < -0.4 is 10.5 Å². The van der Waals surface area contributed by atoms with Crippen molar-refractivity contribution in [3.05, 3.63) is 52.2 Å². The third kappa shape index (κ3) is 4.06. The number of thiophene rings is 1. The van der Waals surface area contributed by atoms with Gasteiger partial charge in [-0.3, -0.25) is 4.90 Å². The first-order valence-electron chi connectivity index (χ1n) is 7.24. The smallest absolute Gasteiger partial charge is 0.123 e. The van der Waals surface area contributed by atoms with E-state index in [2.05, 4.69) is 42.5 Å². The number of hydrogen-bond donors (Lipinski definition) is 1. The number of methoxy groups -OCH3 is 1. The zero-order valence-corrected chi connectivity index (χ0v) is 13.8. The highest BCUT2D eigenvalue weighted by atomic mass is 32.1. The Balaban J connectivity index is 2.14. The fourth-order valence-corrected chi connectivity index (χ4v) is 3.41. The monoisotopic (exact) mass is 304 g/mol. The Labute approximate surface area is 131 Å². The molecule has 0 saturated carbocycles. The summed E-state index contributed by atoms with van der Waals surface area (Å²) in [5, 5.41) is 2.12. The summed E-state index contributed by atoms with van der Waals surface area (Å²) in [7, 11) is 3.84. The van der Waals surface area contributed by atoms with Gasteiger partial charge in [-0.15, -0.1) is 11.3 Å². The number of para-hydroxylation sites is 1. The molecule has 2 unspecified atom stereocenters. The SMILES string of the molecule is COc1ccccc1C(C(C)N)N(C)CCc1cccs1. The Morgan fingerprint density at radius 1 is 1.24 bits per heavy atom. The lowest BCUT2D eigenvalue weighted by Gasteiger charge is -2.32. The van der Waals surface area contributed by atoms with Crippen molar-refractivity contribution in [2.75, 3.05) is 20.7 Å². The molecule has 0 bridgehead atoms. The van der Waals surface area contributed by atoms with E-state index in [1.165, 1.54) is 4.88 Å². The van der Waals surface area contributed by atoms with Crippen LogP contribution in [-0.2, 0) is 6.42 Å². The van der Waals surface area contributed by atoms with Crippen LogP contribution in [0.25, 0.3) is 0 Å². The number of nitrogens with zero attached hydrogens (tertiary/aromatic N) is 1. The van der Waals surface area contributed by atoms with Gasteiger partial charge in [0, 0.05) is 23.0 Å². The molecule has 0 aliphatic heterocycles. The van der Waals surface area contributed by atoms with Crippen molar-refractivity contribution in [2.45, 2.75) is 25.4 Å². The molecule has 2 rings (SSSR count). The molecule has 3 nitrogen and oxygen atoms in total. The number of likely N-dealkylation sites (N-methyl/N-ethyl adjacent to an activating group) is 1. The van der Waals surface area contributed by atoms with Gasteiger partial charge in [-0.25, -0.2) is 0 Å². The lowest BCUT2D eigenvalue weighted by molar-refractivity contribution is 0.217.